The van der Waals surface area contributed by atoms with Crippen LogP contribution in [-0.2, 0) is 0 Å². The molecule has 0 bridgehead atoms. The Bertz CT molecular complexity index is 396. The van der Waals surface area contributed by atoms with Gasteiger partial charge >= 0.3 is 0 Å². The molecule has 1 aromatic rings. The van der Waals surface area contributed by atoms with Crippen LogP contribution < -0.4 is 11.1 Å². The van der Waals surface area contributed by atoms with Crippen molar-refractivity contribution in [2.75, 3.05) is 11.9 Å². The Hall–Kier alpha value is -1.22. The van der Waals surface area contributed by atoms with Crippen LogP contribution in [0.4, 0.5) is 5.69 Å². The van der Waals surface area contributed by atoms with Gasteiger partial charge in [-0.15, -0.1) is 0 Å². The molecular weight excluding hydrogens is 224 g/mol. The highest BCUT2D eigenvalue weighted by molar-refractivity contribution is 6.33. The summed E-state index contributed by atoms with van der Waals surface area (Å²) in [5.74, 6) is -0.510. The first-order valence-electron chi connectivity index (χ1n) is 5.13. The van der Waals surface area contributed by atoms with Crippen molar-refractivity contribution in [1.29, 1.82) is 0 Å². The van der Waals surface area contributed by atoms with E-state index in [1.807, 2.05) is 6.07 Å². The average molecular weight is 241 g/mol. The van der Waals surface area contributed by atoms with E-state index in [1.165, 1.54) is 0 Å². The smallest absolute Gasteiger partial charge is 0.250 e. The maximum atomic E-state index is 11.1. The molecule has 0 saturated heterocycles. The van der Waals surface area contributed by atoms with Crippen molar-refractivity contribution < 1.29 is 4.79 Å². The van der Waals surface area contributed by atoms with Gasteiger partial charge in [-0.3, -0.25) is 4.79 Å². The van der Waals surface area contributed by atoms with Gasteiger partial charge in [-0.05, 0) is 23.6 Å². The van der Waals surface area contributed by atoms with E-state index in [2.05, 4.69) is 26.1 Å². The van der Waals surface area contributed by atoms with Crippen LogP contribution in [0.5, 0.6) is 0 Å². The third-order valence-electron chi connectivity index (χ3n) is 2.05. The number of halogens is 1. The molecule has 16 heavy (non-hydrogen) atoms. The molecule has 1 amide bonds. The Labute approximate surface area is 101 Å². The summed E-state index contributed by atoms with van der Waals surface area (Å²) in [5, 5.41) is 3.62. The first kappa shape index (κ1) is 12.8. The molecule has 0 aliphatic heterocycles. The fourth-order valence-corrected chi connectivity index (χ4v) is 1.40. The van der Waals surface area contributed by atoms with Crippen molar-refractivity contribution in [1.82, 2.24) is 0 Å². The molecular formula is C12H17ClN2O. The van der Waals surface area contributed by atoms with Crippen LogP contribution in [0.15, 0.2) is 18.2 Å². The number of benzene rings is 1. The number of carbonyl (C=O) groups is 1. The summed E-state index contributed by atoms with van der Waals surface area (Å²) in [6.07, 6.45) is 0. The van der Waals surface area contributed by atoms with Gasteiger partial charge in [0.2, 0.25) is 5.91 Å². The van der Waals surface area contributed by atoms with Gasteiger partial charge in [0.25, 0.3) is 0 Å². The average Bonchev–Trinajstić information content (AvgIpc) is 2.14. The van der Waals surface area contributed by atoms with Crippen LogP contribution >= 0.6 is 11.6 Å². The van der Waals surface area contributed by atoms with Crippen molar-refractivity contribution in [2.45, 2.75) is 20.8 Å². The van der Waals surface area contributed by atoms with Crippen LogP contribution in [0.1, 0.15) is 31.1 Å². The number of rotatable bonds is 3. The second kappa shape index (κ2) is 4.74. The van der Waals surface area contributed by atoms with Crippen molar-refractivity contribution in [3.8, 4) is 0 Å². The van der Waals surface area contributed by atoms with Crippen LogP contribution in [0.2, 0.25) is 5.02 Å². The standard InChI is InChI=1S/C12H17ClN2O/c1-12(2,3)7-15-8-4-5-10(13)9(6-8)11(14)16/h4-6,15H,7H2,1-3H3,(H2,14,16). The highest BCUT2D eigenvalue weighted by atomic mass is 35.5. The zero-order chi connectivity index (χ0) is 12.3. The molecule has 0 heterocycles. The van der Waals surface area contributed by atoms with E-state index in [0.717, 1.165) is 12.2 Å². The number of carbonyl (C=O) groups excluding carboxylic acids is 1. The minimum atomic E-state index is -0.510. The predicted octanol–water partition coefficient (Wildman–Crippen LogP) is 2.90. The quantitative estimate of drug-likeness (QED) is 0.854. The number of hydrogen-bond donors (Lipinski definition) is 2. The van der Waals surface area contributed by atoms with Crippen LogP contribution in [0.3, 0.4) is 0 Å². The lowest BCUT2D eigenvalue weighted by molar-refractivity contribution is 0.100. The molecule has 0 atom stereocenters. The number of hydrogen-bond acceptors (Lipinski definition) is 2. The lowest BCUT2D eigenvalue weighted by atomic mass is 9.97. The molecule has 1 aromatic carbocycles. The first-order chi connectivity index (χ1) is 7.29. The molecule has 3 N–H and O–H groups in total. The van der Waals surface area contributed by atoms with E-state index >= 15 is 0 Å². The SMILES string of the molecule is CC(C)(C)CNc1ccc(Cl)c(C(N)=O)c1. The molecule has 1 rings (SSSR count). The molecule has 4 heteroatoms. The predicted molar refractivity (Wildman–Crippen MR) is 67.9 cm³/mol. The summed E-state index contributed by atoms with van der Waals surface area (Å²) in [6.45, 7) is 7.20. The van der Waals surface area contributed by atoms with Crippen molar-refractivity contribution >= 4 is 23.2 Å². The minimum absolute atomic E-state index is 0.173. The second-order valence-electron chi connectivity index (χ2n) is 4.97. The van der Waals surface area contributed by atoms with Gasteiger partial charge in [0.15, 0.2) is 0 Å². The van der Waals surface area contributed by atoms with Crippen LogP contribution in [0, 0.1) is 5.41 Å². The fourth-order valence-electron chi connectivity index (χ4n) is 1.19. The Morgan fingerprint density at radius 1 is 1.44 bits per heavy atom. The van der Waals surface area contributed by atoms with Crippen molar-refractivity contribution in [3.63, 3.8) is 0 Å². The van der Waals surface area contributed by atoms with Gasteiger partial charge in [0.1, 0.15) is 0 Å². The maximum Gasteiger partial charge on any atom is 0.250 e. The zero-order valence-electron chi connectivity index (χ0n) is 9.80. The van der Waals surface area contributed by atoms with Crippen LogP contribution in [-0.4, -0.2) is 12.5 Å². The van der Waals surface area contributed by atoms with Crippen LogP contribution in [0.25, 0.3) is 0 Å². The van der Waals surface area contributed by atoms with E-state index in [9.17, 15) is 4.79 Å². The number of amides is 1. The lowest BCUT2D eigenvalue weighted by Gasteiger charge is -2.19. The van der Waals surface area contributed by atoms with E-state index in [-0.39, 0.29) is 5.41 Å². The molecule has 88 valence electrons. The summed E-state index contributed by atoms with van der Waals surface area (Å²) < 4.78 is 0. The molecule has 3 nitrogen and oxygen atoms in total. The molecule has 0 fully saturated rings. The second-order valence-corrected chi connectivity index (χ2v) is 5.38. The first-order valence-corrected chi connectivity index (χ1v) is 5.50. The van der Waals surface area contributed by atoms with Crippen molar-refractivity contribution in [2.24, 2.45) is 11.1 Å². The Kier molecular flexibility index (Phi) is 3.81. The number of primary amides is 1. The van der Waals surface area contributed by atoms with E-state index in [0.29, 0.717) is 10.6 Å². The summed E-state index contributed by atoms with van der Waals surface area (Å²) in [4.78, 5) is 11.1. The zero-order valence-corrected chi connectivity index (χ0v) is 10.6. The monoisotopic (exact) mass is 240 g/mol. The van der Waals surface area contributed by atoms with Gasteiger partial charge in [-0.1, -0.05) is 32.4 Å². The third-order valence-corrected chi connectivity index (χ3v) is 2.38. The maximum absolute atomic E-state index is 11.1. The molecule has 0 spiro atoms. The fraction of sp³-hybridized carbons (Fsp3) is 0.417. The molecule has 0 aliphatic carbocycles. The molecule has 0 unspecified atom stereocenters. The van der Waals surface area contributed by atoms with Gasteiger partial charge in [0, 0.05) is 12.2 Å². The van der Waals surface area contributed by atoms with Gasteiger partial charge in [-0.25, -0.2) is 0 Å². The summed E-state index contributed by atoms with van der Waals surface area (Å²) in [5.41, 5.74) is 6.59. The summed E-state index contributed by atoms with van der Waals surface area (Å²) >= 11 is 5.85. The lowest BCUT2D eigenvalue weighted by Crippen LogP contribution is -2.19. The van der Waals surface area contributed by atoms with E-state index < -0.39 is 5.91 Å². The normalized spacial score (nSPS) is 11.2. The number of nitrogens with one attached hydrogen (secondary N) is 1. The van der Waals surface area contributed by atoms with E-state index in [4.69, 9.17) is 17.3 Å². The minimum Gasteiger partial charge on any atom is -0.384 e. The third kappa shape index (κ3) is 3.74. The Morgan fingerprint density at radius 2 is 2.06 bits per heavy atom. The number of nitrogens with two attached hydrogens (primary N) is 1. The Balaban J connectivity index is 2.83. The topological polar surface area (TPSA) is 55.1 Å². The molecule has 0 radical (unpaired) electrons. The summed E-state index contributed by atoms with van der Waals surface area (Å²) in [7, 11) is 0. The largest absolute Gasteiger partial charge is 0.384 e. The highest BCUT2D eigenvalue weighted by Gasteiger charge is 2.11. The van der Waals surface area contributed by atoms with Gasteiger partial charge in [-0.2, -0.15) is 0 Å². The molecule has 0 saturated carbocycles. The Morgan fingerprint density at radius 3 is 2.56 bits per heavy atom. The highest BCUT2D eigenvalue weighted by Crippen LogP contribution is 2.21. The van der Waals surface area contributed by atoms with E-state index in [1.54, 1.807) is 12.1 Å². The molecule has 0 aromatic heterocycles. The van der Waals surface area contributed by atoms with Crippen molar-refractivity contribution in [3.05, 3.63) is 28.8 Å². The molecule has 0 aliphatic rings. The van der Waals surface area contributed by atoms with Gasteiger partial charge < -0.3 is 11.1 Å². The van der Waals surface area contributed by atoms with Gasteiger partial charge in [0.05, 0.1) is 10.6 Å². The summed E-state index contributed by atoms with van der Waals surface area (Å²) in [6, 6.07) is 5.18. The number of anilines is 1.